The van der Waals surface area contributed by atoms with Crippen LogP contribution in [0, 0.1) is 0 Å². The Morgan fingerprint density at radius 3 is 3.17 bits per heavy atom. The highest BCUT2D eigenvalue weighted by Crippen LogP contribution is 2.06. The van der Waals surface area contributed by atoms with Gasteiger partial charge in [-0.1, -0.05) is 16.9 Å². The highest BCUT2D eigenvalue weighted by Gasteiger charge is 2.23. The second-order valence-electron chi connectivity index (χ2n) is 2.44. The van der Waals surface area contributed by atoms with Crippen LogP contribution in [0.15, 0.2) is 4.63 Å². The number of hydrogen-bond acceptors (Lipinski definition) is 4. The van der Waals surface area contributed by atoms with Gasteiger partial charge in [0.1, 0.15) is 6.07 Å². The summed E-state index contributed by atoms with van der Waals surface area (Å²) in [6, 6.07) is 0.146. The summed E-state index contributed by atoms with van der Waals surface area (Å²) < 4.78 is 15.1. The molecule has 70 valence electrons. The van der Waals surface area contributed by atoms with Gasteiger partial charge in [-0.05, 0) is 0 Å². The van der Waals surface area contributed by atoms with E-state index in [4.69, 9.17) is 25.7 Å². The van der Waals surface area contributed by atoms with Gasteiger partial charge in [0.05, 0.1) is 19.7 Å². The summed E-state index contributed by atoms with van der Waals surface area (Å²) >= 11 is 5.40. The number of nitrogens with zero attached hydrogens (tertiary/aromatic N) is 2. The van der Waals surface area contributed by atoms with Gasteiger partial charge < -0.3 is 9.47 Å². The van der Waals surface area contributed by atoms with Gasteiger partial charge in [0.15, 0.2) is 6.29 Å². The van der Waals surface area contributed by atoms with Gasteiger partial charge in [-0.15, -0.1) is 0 Å². The number of halogens is 1. The highest BCUT2D eigenvalue weighted by atomic mass is 35.5. The van der Waals surface area contributed by atoms with E-state index >= 15 is 0 Å². The third-order valence-corrected chi connectivity index (χ3v) is 1.82. The molecule has 1 fully saturated rings. The minimum absolute atomic E-state index is 0.146. The lowest BCUT2D eigenvalue weighted by Crippen LogP contribution is -2.47. The third-order valence-electron chi connectivity index (χ3n) is 1.69. The van der Waals surface area contributed by atoms with Crippen LogP contribution in [0.5, 0.6) is 0 Å². The Kier molecular flexibility index (Phi) is 2.29. The van der Waals surface area contributed by atoms with Crippen molar-refractivity contribution in [1.82, 2.24) is 10.2 Å². The normalized spacial score (nSPS) is 25.1. The monoisotopic (exact) mass is 195 g/mol. The van der Waals surface area contributed by atoms with Crippen LogP contribution in [0.25, 0.3) is 0 Å². The molecule has 2 rings (SSSR count). The molecule has 12 heavy (non-hydrogen) atoms. The zero-order valence-corrected chi connectivity index (χ0v) is 7.16. The maximum Gasteiger partial charge on any atom is 0.178 e. The first-order valence-electron chi connectivity index (χ1n) is 3.67. The molecule has 1 aromatic heterocycles. The first kappa shape index (κ1) is 8.03. The number of morpholine rings is 1. The summed E-state index contributed by atoms with van der Waals surface area (Å²) in [6.07, 6.45) is -0.262. The molecule has 0 aromatic carbocycles. The smallest absolute Gasteiger partial charge is 0.178 e. The molecule has 0 aliphatic carbocycles. The van der Waals surface area contributed by atoms with Crippen LogP contribution in [0.2, 0.25) is 0 Å². The number of H-pyrrole nitrogens is 1. The van der Waals surface area contributed by atoms with E-state index in [0.29, 0.717) is 13.2 Å². The molecule has 2 heterocycles. The molecule has 0 spiro atoms. The standard InChI is InChI=1S/C5H10ClN3O3/c6-4-11-5-3-8(1-2-10-5)9-7-12-9/h5,7H,1-4H2. The van der Waals surface area contributed by atoms with Gasteiger partial charge >= 0.3 is 0 Å². The minimum Gasteiger partial charge on any atom is -0.349 e. The van der Waals surface area contributed by atoms with Gasteiger partial charge in [0.2, 0.25) is 0 Å². The second-order valence-corrected chi connectivity index (χ2v) is 2.66. The molecule has 0 amide bonds. The average Bonchev–Trinajstić information content (AvgIpc) is 2.88. The predicted octanol–water partition coefficient (Wildman–Crippen LogP) is -0.0836. The van der Waals surface area contributed by atoms with E-state index in [1.54, 1.807) is 0 Å². The van der Waals surface area contributed by atoms with Crippen molar-refractivity contribution in [3.63, 3.8) is 0 Å². The Morgan fingerprint density at radius 2 is 2.50 bits per heavy atom. The molecule has 1 aliphatic rings. The van der Waals surface area contributed by atoms with Crippen LogP contribution in [-0.2, 0) is 9.47 Å². The van der Waals surface area contributed by atoms with Crippen molar-refractivity contribution >= 4 is 11.6 Å². The van der Waals surface area contributed by atoms with Crippen molar-refractivity contribution in [1.29, 1.82) is 0 Å². The molecular weight excluding hydrogens is 186 g/mol. The fraction of sp³-hybridized carbons (Fsp3) is 1.00. The summed E-state index contributed by atoms with van der Waals surface area (Å²) in [5.41, 5.74) is 0. The molecule has 1 aromatic rings. The van der Waals surface area contributed by atoms with E-state index < -0.39 is 0 Å². The summed E-state index contributed by atoms with van der Waals surface area (Å²) in [7, 11) is 0. The number of aromatic amines is 1. The van der Waals surface area contributed by atoms with Crippen LogP contribution < -0.4 is 5.01 Å². The quantitative estimate of drug-likeness (QED) is 0.686. The molecule has 1 atom stereocenters. The summed E-state index contributed by atoms with van der Waals surface area (Å²) in [6.45, 7) is 2.03. The van der Waals surface area contributed by atoms with Crippen LogP contribution in [0.3, 0.4) is 0 Å². The zero-order valence-electron chi connectivity index (χ0n) is 6.40. The SMILES string of the molecule is ClCOC1CN(n2[nH]o2)CCO1. The van der Waals surface area contributed by atoms with Crippen molar-refractivity contribution in [2.45, 2.75) is 6.29 Å². The Hall–Kier alpha value is -0.590. The van der Waals surface area contributed by atoms with Gasteiger partial charge in [0.25, 0.3) is 0 Å². The lowest BCUT2D eigenvalue weighted by molar-refractivity contribution is -0.139. The number of hydrogen-bond donors (Lipinski definition) is 1. The molecule has 7 heteroatoms. The third kappa shape index (κ3) is 1.77. The predicted molar refractivity (Wildman–Crippen MR) is 40.5 cm³/mol. The highest BCUT2D eigenvalue weighted by molar-refractivity contribution is 6.17. The fourth-order valence-electron chi connectivity index (χ4n) is 1.08. The van der Waals surface area contributed by atoms with Crippen molar-refractivity contribution in [2.75, 3.05) is 30.8 Å². The molecule has 0 radical (unpaired) electrons. The van der Waals surface area contributed by atoms with Crippen molar-refractivity contribution in [3.05, 3.63) is 0 Å². The van der Waals surface area contributed by atoms with Gasteiger partial charge in [-0.3, -0.25) is 5.01 Å². The van der Waals surface area contributed by atoms with E-state index in [2.05, 4.69) is 5.27 Å². The molecule has 1 aliphatic heterocycles. The molecular formula is C5H10ClN3O3. The van der Waals surface area contributed by atoms with E-state index in [1.165, 1.54) is 4.96 Å². The maximum absolute atomic E-state index is 5.40. The summed E-state index contributed by atoms with van der Waals surface area (Å²) in [5.74, 6) is 0. The number of ether oxygens (including phenoxy) is 2. The van der Waals surface area contributed by atoms with Crippen molar-refractivity contribution in [2.24, 2.45) is 0 Å². The molecule has 1 saturated heterocycles. The molecule has 6 nitrogen and oxygen atoms in total. The number of rotatable bonds is 3. The first-order valence-corrected chi connectivity index (χ1v) is 4.20. The molecule has 0 saturated carbocycles. The van der Waals surface area contributed by atoms with Crippen LogP contribution in [-0.4, -0.2) is 42.3 Å². The van der Waals surface area contributed by atoms with E-state index in [1.807, 2.05) is 5.01 Å². The Labute approximate surface area is 73.8 Å². The summed E-state index contributed by atoms with van der Waals surface area (Å²) in [4.78, 5) is 1.53. The second kappa shape index (κ2) is 3.42. The molecule has 1 unspecified atom stereocenters. The Morgan fingerprint density at radius 1 is 1.67 bits per heavy atom. The number of nitrogens with one attached hydrogen (secondary N) is 1. The van der Waals surface area contributed by atoms with Gasteiger partial charge in [-0.2, -0.15) is 0 Å². The van der Waals surface area contributed by atoms with Gasteiger partial charge in [-0.25, -0.2) is 4.63 Å². The van der Waals surface area contributed by atoms with E-state index in [0.717, 1.165) is 6.54 Å². The number of aromatic nitrogens is 2. The zero-order chi connectivity index (χ0) is 8.39. The number of alkyl halides is 1. The lowest BCUT2D eigenvalue weighted by Gasteiger charge is -2.29. The van der Waals surface area contributed by atoms with Crippen LogP contribution in [0.4, 0.5) is 0 Å². The van der Waals surface area contributed by atoms with Gasteiger partial charge in [0, 0.05) is 4.96 Å². The largest absolute Gasteiger partial charge is 0.349 e. The van der Waals surface area contributed by atoms with Crippen molar-refractivity contribution < 1.29 is 14.1 Å². The average molecular weight is 196 g/mol. The first-order chi connectivity index (χ1) is 5.90. The van der Waals surface area contributed by atoms with E-state index in [-0.39, 0.29) is 12.4 Å². The fourth-order valence-corrected chi connectivity index (χ4v) is 1.22. The topological polar surface area (TPSA) is 55.6 Å². The van der Waals surface area contributed by atoms with Crippen LogP contribution >= 0.6 is 11.6 Å². The Balaban J connectivity index is 1.83. The lowest BCUT2D eigenvalue weighted by atomic mass is 10.5. The molecule has 1 N–H and O–H groups in total. The molecule has 0 bridgehead atoms. The summed E-state index contributed by atoms with van der Waals surface area (Å²) in [5, 5.41) is 4.51. The van der Waals surface area contributed by atoms with Crippen LogP contribution in [0.1, 0.15) is 0 Å². The Bertz CT molecular complexity index is 210. The minimum atomic E-state index is -0.262. The van der Waals surface area contributed by atoms with E-state index in [9.17, 15) is 0 Å². The van der Waals surface area contributed by atoms with Crippen molar-refractivity contribution in [3.8, 4) is 0 Å². The maximum atomic E-state index is 5.40.